The van der Waals surface area contributed by atoms with Gasteiger partial charge in [-0.2, -0.15) is 0 Å². The predicted molar refractivity (Wildman–Crippen MR) is 69.3 cm³/mol. The molecule has 17 heavy (non-hydrogen) atoms. The van der Waals surface area contributed by atoms with E-state index in [1.165, 1.54) is 31.5 Å². The van der Waals surface area contributed by atoms with Crippen molar-refractivity contribution < 1.29 is 4.74 Å². The first-order valence-electron chi connectivity index (χ1n) is 6.49. The number of hydrogen-bond acceptors (Lipinski definition) is 3. The molecule has 3 heteroatoms. The SMILES string of the molecule is COc1ccc(CCN2CCC(C)CC2)cn1. The molecular weight excluding hydrogens is 212 g/mol. The fraction of sp³-hybridized carbons (Fsp3) is 0.643. The van der Waals surface area contributed by atoms with Crippen molar-refractivity contribution in [1.82, 2.24) is 9.88 Å². The summed E-state index contributed by atoms with van der Waals surface area (Å²) in [6, 6.07) is 4.05. The van der Waals surface area contributed by atoms with Crippen molar-refractivity contribution in [2.75, 3.05) is 26.7 Å². The lowest BCUT2D eigenvalue weighted by atomic mass is 9.99. The van der Waals surface area contributed by atoms with Crippen LogP contribution in [0.1, 0.15) is 25.3 Å². The third kappa shape index (κ3) is 3.70. The Bertz CT molecular complexity index is 329. The molecule has 0 radical (unpaired) electrons. The highest BCUT2D eigenvalue weighted by atomic mass is 16.5. The molecular formula is C14H22N2O. The van der Waals surface area contributed by atoms with Crippen LogP contribution >= 0.6 is 0 Å². The summed E-state index contributed by atoms with van der Waals surface area (Å²) in [5.74, 6) is 1.61. The summed E-state index contributed by atoms with van der Waals surface area (Å²) < 4.78 is 5.05. The summed E-state index contributed by atoms with van der Waals surface area (Å²) in [5.41, 5.74) is 1.30. The van der Waals surface area contributed by atoms with Crippen LogP contribution in [0.25, 0.3) is 0 Å². The number of pyridine rings is 1. The average molecular weight is 234 g/mol. The van der Waals surface area contributed by atoms with Crippen LogP contribution in [0.5, 0.6) is 5.88 Å². The minimum absolute atomic E-state index is 0.695. The van der Waals surface area contributed by atoms with Gasteiger partial charge < -0.3 is 9.64 Å². The van der Waals surface area contributed by atoms with Crippen molar-refractivity contribution in [2.24, 2.45) is 5.92 Å². The Labute approximate surface area is 104 Å². The fourth-order valence-corrected chi connectivity index (χ4v) is 2.25. The molecule has 0 amide bonds. The van der Waals surface area contributed by atoms with E-state index in [4.69, 9.17) is 4.74 Å². The standard InChI is InChI=1S/C14H22N2O/c1-12-5-8-16(9-6-12)10-7-13-3-4-14(17-2)15-11-13/h3-4,11-12H,5-10H2,1-2H3. The smallest absolute Gasteiger partial charge is 0.212 e. The zero-order valence-electron chi connectivity index (χ0n) is 10.9. The number of methoxy groups -OCH3 is 1. The Morgan fingerprint density at radius 3 is 2.71 bits per heavy atom. The summed E-state index contributed by atoms with van der Waals surface area (Å²) in [5, 5.41) is 0. The van der Waals surface area contributed by atoms with Crippen molar-refractivity contribution in [2.45, 2.75) is 26.2 Å². The van der Waals surface area contributed by atoms with Crippen LogP contribution in [0, 0.1) is 5.92 Å². The second kappa shape index (κ2) is 6.01. The van der Waals surface area contributed by atoms with Gasteiger partial charge in [-0.15, -0.1) is 0 Å². The minimum atomic E-state index is 0.695. The molecule has 1 aliphatic rings. The molecule has 0 bridgehead atoms. The van der Waals surface area contributed by atoms with Crippen LogP contribution in [-0.2, 0) is 6.42 Å². The fourth-order valence-electron chi connectivity index (χ4n) is 2.25. The molecule has 1 aliphatic heterocycles. The quantitative estimate of drug-likeness (QED) is 0.799. The monoisotopic (exact) mass is 234 g/mol. The van der Waals surface area contributed by atoms with Gasteiger partial charge in [-0.3, -0.25) is 0 Å². The number of ether oxygens (including phenoxy) is 1. The largest absolute Gasteiger partial charge is 0.481 e. The summed E-state index contributed by atoms with van der Waals surface area (Å²) in [6.07, 6.45) is 5.71. The third-order valence-electron chi connectivity index (χ3n) is 3.60. The Hall–Kier alpha value is -1.09. The highest BCUT2D eigenvalue weighted by Crippen LogP contribution is 2.16. The Balaban J connectivity index is 1.77. The van der Waals surface area contributed by atoms with Gasteiger partial charge >= 0.3 is 0 Å². The van der Waals surface area contributed by atoms with Gasteiger partial charge in [-0.25, -0.2) is 4.98 Å². The van der Waals surface area contributed by atoms with Crippen molar-refractivity contribution in [3.8, 4) is 5.88 Å². The second-order valence-corrected chi connectivity index (χ2v) is 4.98. The number of aromatic nitrogens is 1. The topological polar surface area (TPSA) is 25.4 Å². The molecule has 1 aromatic heterocycles. The molecule has 1 saturated heterocycles. The molecule has 3 nitrogen and oxygen atoms in total. The van der Waals surface area contributed by atoms with Crippen LogP contribution < -0.4 is 4.74 Å². The highest BCUT2D eigenvalue weighted by molar-refractivity contribution is 5.17. The van der Waals surface area contributed by atoms with Crippen LogP contribution in [-0.4, -0.2) is 36.6 Å². The second-order valence-electron chi connectivity index (χ2n) is 4.98. The molecule has 94 valence electrons. The van der Waals surface area contributed by atoms with E-state index in [-0.39, 0.29) is 0 Å². The molecule has 0 aromatic carbocycles. The van der Waals surface area contributed by atoms with Crippen LogP contribution in [0.2, 0.25) is 0 Å². The number of piperidine rings is 1. The Morgan fingerprint density at radius 1 is 1.35 bits per heavy atom. The van der Waals surface area contributed by atoms with Crippen LogP contribution in [0.15, 0.2) is 18.3 Å². The lowest BCUT2D eigenvalue weighted by Gasteiger charge is -2.30. The third-order valence-corrected chi connectivity index (χ3v) is 3.60. The number of rotatable bonds is 4. The highest BCUT2D eigenvalue weighted by Gasteiger charge is 2.14. The minimum Gasteiger partial charge on any atom is -0.481 e. The molecule has 1 fully saturated rings. The van der Waals surface area contributed by atoms with Crippen molar-refractivity contribution >= 4 is 0 Å². The first-order valence-corrected chi connectivity index (χ1v) is 6.49. The molecule has 1 aromatic rings. The van der Waals surface area contributed by atoms with Gasteiger partial charge in [0.1, 0.15) is 0 Å². The van der Waals surface area contributed by atoms with Crippen molar-refractivity contribution in [3.63, 3.8) is 0 Å². The number of likely N-dealkylation sites (tertiary alicyclic amines) is 1. The predicted octanol–water partition coefficient (Wildman–Crippen LogP) is 2.36. The normalized spacial score (nSPS) is 18.2. The molecule has 0 spiro atoms. The van der Waals surface area contributed by atoms with Crippen molar-refractivity contribution in [1.29, 1.82) is 0 Å². The molecule has 2 rings (SSSR count). The van der Waals surface area contributed by atoms with E-state index in [1.54, 1.807) is 7.11 Å². The first kappa shape index (κ1) is 12.4. The van der Waals surface area contributed by atoms with Crippen molar-refractivity contribution in [3.05, 3.63) is 23.9 Å². The lowest BCUT2D eigenvalue weighted by Crippen LogP contribution is -2.34. The molecule has 2 heterocycles. The zero-order valence-corrected chi connectivity index (χ0v) is 10.9. The molecule has 0 atom stereocenters. The van der Waals surface area contributed by atoms with E-state index >= 15 is 0 Å². The molecule has 0 unspecified atom stereocenters. The first-order chi connectivity index (χ1) is 8.28. The van der Waals surface area contributed by atoms with E-state index in [2.05, 4.69) is 22.9 Å². The number of nitrogens with zero attached hydrogens (tertiary/aromatic N) is 2. The van der Waals surface area contributed by atoms with E-state index in [1.807, 2.05) is 12.3 Å². The summed E-state index contributed by atoms with van der Waals surface area (Å²) in [6.45, 7) is 6.01. The molecule has 0 saturated carbocycles. The molecule has 0 aliphatic carbocycles. The Kier molecular flexibility index (Phi) is 4.37. The van der Waals surface area contributed by atoms with Gasteiger partial charge in [-0.1, -0.05) is 13.0 Å². The Morgan fingerprint density at radius 2 is 2.12 bits per heavy atom. The van der Waals surface area contributed by atoms with Crippen LogP contribution in [0.4, 0.5) is 0 Å². The number of hydrogen-bond donors (Lipinski definition) is 0. The van der Waals surface area contributed by atoms with Gasteiger partial charge in [0.2, 0.25) is 5.88 Å². The van der Waals surface area contributed by atoms with E-state index in [0.717, 1.165) is 18.9 Å². The van der Waals surface area contributed by atoms with Gasteiger partial charge in [0, 0.05) is 18.8 Å². The van der Waals surface area contributed by atoms with E-state index in [9.17, 15) is 0 Å². The van der Waals surface area contributed by atoms with Gasteiger partial charge in [0.25, 0.3) is 0 Å². The lowest BCUT2D eigenvalue weighted by molar-refractivity contribution is 0.194. The van der Waals surface area contributed by atoms with Gasteiger partial charge in [0.15, 0.2) is 0 Å². The maximum Gasteiger partial charge on any atom is 0.212 e. The van der Waals surface area contributed by atoms with Gasteiger partial charge in [0.05, 0.1) is 7.11 Å². The summed E-state index contributed by atoms with van der Waals surface area (Å²) in [4.78, 5) is 6.79. The summed E-state index contributed by atoms with van der Waals surface area (Å²) >= 11 is 0. The zero-order chi connectivity index (χ0) is 12.1. The average Bonchev–Trinajstić information content (AvgIpc) is 2.39. The summed E-state index contributed by atoms with van der Waals surface area (Å²) in [7, 11) is 1.65. The maximum atomic E-state index is 5.05. The van der Waals surface area contributed by atoms with Crippen LogP contribution in [0.3, 0.4) is 0 Å². The van der Waals surface area contributed by atoms with E-state index < -0.39 is 0 Å². The van der Waals surface area contributed by atoms with E-state index in [0.29, 0.717) is 5.88 Å². The maximum absolute atomic E-state index is 5.05. The van der Waals surface area contributed by atoms with Gasteiger partial charge in [-0.05, 0) is 43.8 Å². The molecule has 0 N–H and O–H groups in total.